The number of para-hydroxylation sites is 1. The highest BCUT2D eigenvalue weighted by molar-refractivity contribution is 7.14. The molecule has 2 N–H and O–H groups in total. The van der Waals surface area contributed by atoms with E-state index < -0.39 is 0 Å². The molecule has 5 nitrogen and oxygen atoms in total. The van der Waals surface area contributed by atoms with Crippen LogP contribution >= 0.6 is 11.3 Å². The molecule has 1 aromatic carbocycles. The summed E-state index contributed by atoms with van der Waals surface area (Å²) in [5.74, 6) is -0.406. The molecule has 1 aliphatic heterocycles. The first-order valence-electron chi connectivity index (χ1n) is 8.00. The fourth-order valence-electron chi connectivity index (χ4n) is 2.64. The number of hydrogen-bond acceptors (Lipinski definition) is 4. The largest absolute Gasteiger partial charge is 0.376 e. The van der Waals surface area contributed by atoms with Gasteiger partial charge in [0.05, 0.1) is 22.2 Å². The summed E-state index contributed by atoms with van der Waals surface area (Å²) in [4.78, 5) is 26.4. The molecule has 126 valence electrons. The lowest BCUT2D eigenvalue weighted by molar-refractivity contribution is 0.0858. The number of carbonyl (C=O) groups is 2. The molecule has 2 aromatic rings. The third kappa shape index (κ3) is 4.01. The highest BCUT2D eigenvalue weighted by atomic mass is 32.1. The molecule has 0 bridgehead atoms. The van der Waals surface area contributed by atoms with E-state index in [2.05, 4.69) is 10.6 Å². The van der Waals surface area contributed by atoms with E-state index in [1.807, 2.05) is 13.0 Å². The zero-order valence-corrected chi connectivity index (χ0v) is 14.3. The number of amides is 2. The van der Waals surface area contributed by atoms with Crippen LogP contribution in [0.5, 0.6) is 0 Å². The van der Waals surface area contributed by atoms with Crippen molar-refractivity contribution < 1.29 is 14.3 Å². The maximum absolute atomic E-state index is 12.4. The highest BCUT2D eigenvalue weighted by Crippen LogP contribution is 2.20. The van der Waals surface area contributed by atoms with Crippen molar-refractivity contribution >= 4 is 28.8 Å². The zero-order chi connectivity index (χ0) is 16.9. The molecule has 1 aromatic heterocycles. The van der Waals surface area contributed by atoms with Gasteiger partial charge >= 0.3 is 0 Å². The average molecular weight is 344 g/mol. The van der Waals surface area contributed by atoms with Crippen molar-refractivity contribution in [1.82, 2.24) is 5.32 Å². The molecule has 6 heteroatoms. The molecule has 0 saturated carbocycles. The van der Waals surface area contributed by atoms with Gasteiger partial charge < -0.3 is 15.4 Å². The lowest BCUT2D eigenvalue weighted by atomic mass is 10.1. The van der Waals surface area contributed by atoms with E-state index in [0.717, 1.165) is 24.3 Å². The van der Waals surface area contributed by atoms with E-state index in [4.69, 9.17) is 4.74 Å². The molecule has 0 unspecified atom stereocenters. The topological polar surface area (TPSA) is 67.4 Å². The summed E-state index contributed by atoms with van der Waals surface area (Å²) in [5.41, 5.74) is 0.968. The van der Waals surface area contributed by atoms with E-state index in [1.165, 1.54) is 11.3 Å². The van der Waals surface area contributed by atoms with Gasteiger partial charge in [0.25, 0.3) is 11.8 Å². The van der Waals surface area contributed by atoms with Crippen LogP contribution in [0, 0.1) is 6.92 Å². The number of ether oxygens (including phenoxy) is 1. The molecular weight excluding hydrogens is 324 g/mol. The lowest BCUT2D eigenvalue weighted by Gasteiger charge is -2.13. The fraction of sp³-hybridized carbons (Fsp3) is 0.333. The van der Waals surface area contributed by atoms with Crippen LogP contribution in [0.4, 0.5) is 5.69 Å². The summed E-state index contributed by atoms with van der Waals surface area (Å²) in [6.07, 6.45) is 2.09. The van der Waals surface area contributed by atoms with Crippen LogP contribution in [0.2, 0.25) is 0 Å². The van der Waals surface area contributed by atoms with Crippen LogP contribution in [0.15, 0.2) is 36.4 Å². The highest BCUT2D eigenvalue weighted by Gasteiger charge is 2.19. The Hall–Kier alpha value is -2.18. The van der Waals surface area contributed by atoms with Crippen molar-refractivity contribution in [2.45, 2.75) is 25.9 Å². The summed E-state index contributed by atoms with van der Waals surface area (Å²) >= 11 is 1.43. The molecule has 3 rings (SSSR count). The van der Waals surface area contributed by atoms with E-state index in [0.29, 0.717) is 22.7 Å². The Kier molecular flexibility index (Phi) is 5.27. The number of anilines is 1. The molecule has 0 spiro atoms. The Bertz CT molecular complexity index is 735. The SMILES string of the molecule is Cc1ccc(C(=O)Nc2ccccc2C(=O)NC[C@@H]2CCCO2)s1. The van der Waals surface area contributed by atoms with Gasteiger partial charge in [-0.15, -0.1) is 11.3 Å². The lowest BCUT2D eigenvalue weighted by Crippen LogP contribution is -2.32. The Balaban J connectivity index is 1.67. The summed E-state index contributed by atoms with van der Waals surface area (Å²) in [6, 6.07) is 10.7. The van der Waals surface area contributed by atoms with Crippen LogP contribution in [-0.4, -0.2) is 31.1 Å². The predicted octanol–water partition coefficient (Wildman–Crippen LogP) is 3.22. The summed E-state index contributed by atoms with van der Waals surface area (Å²) in [7, 11) is 0. The van der Waals surface area contributed by atoms with Crippen LogP contribution < -0.4 is 10.6 Å². The van der Waals surface area contributed by atoms with Crippen molar-refractivity contribution in [3.05, 3.63) is 51.7 Å². The van der Waals surface area contributed by atoms with Crippen LogP contribution in [0.1, 0.15) is 37.7 Å². The van der Waals surface area contributed by atoms with Gasteiger partial charge in [-0.2, -0.15) is 0 Å². The van der Waals surface area contributed by atoms with Crippen molar-refractivity contribution in [3.63, 3.8) is 0 Å². The first-order valence-corrected chi connectivity index (χ1v) is 8.82. The number of nitrogens with one attached hydrogen (secondary N) is 2. The Labute approximate surface area is 145 Å². The fourth-order valence-corrected chi connectivity index (χ4v) is 3.40. The second-order valence-electron chi connectivity index (χ2n) is 5.76. The average Bonchev–Trinajstić information content (AvgIpc) is 3.24. The number of carbonyl (C=O) groups excluding carboxylic acids is 2. The molecule has 24 heavy (non-hydrogen) atoms. The number of thiophene rings is 1. The Morgan fingerprint density at radius 2 is 2.04 bits per heavy atom. The monoisotopic (exact) mass is 344 g/mol. The van der Waals surface area contributed by atoms with Crippen LogP contribution in [0.25, 0.3) is 0 Å². The number of rotatable bonds is 5. The third-order valence-corrected chi connectivity index (χ3v) is 4.90. The van der Waals surface area contributed by atoms with Crippen molar-refractivity contribution in [2.24, 2.45) is 0 Å². The molecular formula is C18H20N2O3S. The third-order valence-electron chi connectivity index (χ3n) is 3.90. The summed E-state index contributed by atoms with van der Waals surface area (Å²) in [5, 5.41) is 5.71. The smallest absolute Gasteiger partial charge is 0.265 e. The van der Waals surface area contributed by atoms with Gasteiger partial charge in [-0.1, -0.05) is 12.1 Å². The molecule has 0 aliphatic carbocycles. The first-order chi connectivity index (χ1) is 11.6. The number of aryl methyl sites for hydroxylation is 1. The number of hydrogen-bond donors (Lipinski definition) is 2. The van der Waals surface area contributed by atoms with Gasteiger partial charge in [0.1, 0.15) is 0 Å². The maximum Gasteiger partial charge on any atom is 0.265 e. The molecule has 2 amide bonds. The normalized spacial score (nSPS) is 16.8. The number of benzene rings is 1. The van der Waals surface area contributed by atoms with Gasteiger partial charge in [0.15, 0.2) is 0 Å². The molecule has 1 saturated heterocycles. The van der Waals surface area contributed by atoms with Crippen molar-refractivity contribution in [1.29, 1.82) is 0 Å². The van der Waals surface area contributed by atoms with E-state index >= 15 is 0 Å². The van der Waals surface area contributed by atoms with Gasteiger partial charge in [-0.05, 0) is 44.0 Å². The first kappa shape index (κ1) is 16.7. The quantitative estimate of drug-likeness (QED) is 0.875. The minimum absolute atomic E-state index is 0.0878. The predicted molar refractivity (Wildman–Crippen MR) is 94.8 cm³/mol. The van der Waals surface area contributed by atoms with Gasteiger partial charge in [0, 0.05) is 18.0 Å². The maximum atomic E-state index is 12.4. The van der Waals surface area contributed by atoms with Crippen LogP contribution in [-0.2, 0) is 4.74 Å². The Morgan fingerprint density at radius 3 is 2.75 bits per heavy atom. The molecule has 1 aliphatic rings. The summed E-state index contributed by atoms with van der Waals surface area (Å²) < 4.78 is 5.51. The second kappa shape index (κ2) is 7.59. The second-order valence-corrected chi connectivity index (χ2v) is 7.04. The van der Waals surface area contributed by atoms with E-state index in [9.17, 15) is 9.59 Å². The minimum atomic E-state index is -0.205. The van der Waals surface area contributed by atoms with E-state index in [1.54, 1.807) is 30.3 Å². The van der Waals surface area contributed by atoms with Crippen molar-refractivity contribution in [3.8, 4) is 0 Å². The molecule has 2 heterocycles. The van der Waals surface area contributed by atoms with Gasteiger partial charge in [-0.25, -0.2) is 0 Å². The minimum Gasteiger partial charge on any atom is -0.376 e. The summed E-state index contributed by atoms with van der Waals surface area (Å²) in [6.45, 7) is 3.20. The standard InChI is InChI=1S/C18H20N2O3S/c1-12-8-9-16(24-12)18(22)20-15-7-3-2-6-14(15)17(21)19-11-13-5-4-10-23-13/h2-3,6-9,13H,4-5,10-11H2,1H3,(H,19,21)(H,20,22)/t13-/m0/s1. The van der Waals surface area contributed by atoms with E-state index in [-0.39, 0.29) is 17.9 Å². The molecule has 0 radical (unpaired) electrons. The van der Waals surface area contributed by atoms with Crippen molar-refractivity contribution in [2.75, 3.05) is 18.5 Å². The Morgan fingerprint density at radius 1 is 1.21 bits per heavy atom. The molecule has 1 fully saturated rings. The van der Waals surface area contributed by atoms with Gasteiger partial charge in [0.2, 0.25) is 0 Å². The zero-order valence-electron chi connectivity index (χ0n) is 13.5. The van der Waals surface area contributed by atoms with Crippen LogP contribution in [0.3, 0.4) is 0 Å². The van der Waals surface area contributed by atoms with Gasteiger partial charge in [-0.3, -0.25) is 9.59 Å². The molecule has 1 atom stereocenters.